The largest absolute Gasteiger partial charge is 0.286 e. The number of aromatic nitrogens is 10. The lowest BCUT2D eigenvalue weighted by Crippen LogP contribution is -2.34. The molecule has 0 aliphatic rings. The molecule has 10 nitrogen and oxygen atoms in total. The zero-order chi connectivity index (χ0) is 87.1. The van der Waals surface area contributed by atoms with Crippen molar-refractivity contribution in [1.82, 2.24) is 22.8 Å². The van der Waals surface area contributed by atoms with Gasteiger partial charge < -0.3 is 0 Å². The molecule has 580 valence electrons. The number of para-hydroxylation sites is 10. The first-order valence-corrected chi connectivity index (χ1v) is 40.5. The lowest BCUT2D eigenvalue weighted by atomic mass is 9.97. The Morgan fingerprint density at radius 1 is 0.212 bits per heavy atom. The number of hydrogen-bond acceptors (Lipinski definition) is 0. The van der Waals surface area contributed by atoms with Crippen molar-refractivity contribution in [2.75, 3.05) is 0 Å². The minimum absolute atomic E-state index is 0.344. The highest BCUT2D eigenvalue weighted by Crippen LogP contribution is 2.40. The van der Waals surface area contributed by atoms with E-state index >= 15 is 0 Å². The Labute approximate surface area is 700 Å². The number of pyridine rings is 5. The fourth-order valence-corrected chi connectivity index (χ4v) is 18.0. The molecule has 118 heavy (non-hydrogen) atoms. The van der Waals surface area contributed by atoms with Crippen LogP contribution >= 0.6 is 0 Å². The summed E-state index contributed by atoms with van der Waals surface area (Å²) in [5, 5.41) is 12.7. The van der Waals surface area contributed by atoms with Crippen molar-refractivity contribution < 1.29 is 31.1 Å². The van der Waals surface area contributed by atoms with Gasteiger partial charge >= 0.3 is 0 Å². The Bertz CT molecular complexity index is 7780. The lowest BCUT2D eigenvalue weighted by molar-refractivity contribution is -0.665. The standard InChI is InChI=1S/C27H25N2.C21H21N2.3C20H19N2/c1-18-9-7-10-19(2)26(18)21-15-16-25(28(4)17-21)29-24-14-6-5-12-22(24)23-13-8-11-20(3)27(23)29;1-14-8-7-10-18-17-9-5-6-11-19(17)23(21(14)18)20-12-15(2)16(3)13-22(20)4;1-14-11-12-21(3)19(13-14)22-18-10-5-4-8-16(18)17-9-6-7-15(2)20(17)22;2*1-14-11-12-19(21(3)13-14)22-18-10-5-4-8-16(18)17-9-6-7-15(2)20(17)22/h5-17H,1-4H3;5-13H,1-4H3;3*4-13H,1-3H3/q5*+1/i;3D3;;1D3;. The molecule has 0 unspecified atom stereocenters. The molecule has 11 aromatic carbocycles. The van der Waals surface area contributed by atoms with Gasteiger partial charge in [-0.2, -0.15) is 22.8 Å². The van der Waals surface area contributed by atoms with Crippen molar-refractivity contribution in [1.29, 1.82) is 0 Å². The van der Waals surface area contributed by atoms with E-state index in [4.69, 9.17) is 8.22 Å². The van der Waals surface area contributed by atoms with E-state index in [2.05, 4.69) is 387 Å². The van der Waals surface area contributed by atoms with Crippen molar-refractivity contribution in [3.8, 4) is 40.2 Å². The van der Waals surface area contributed by atoms with Gasteiger partial charge in [0.15, 0.2) is 0 Å². The second-order valence-corrected chi connectivity index (χ2v) is 31.8. The smallest absolute Gasteiger partial charge is 0.237 e. The van der Waals surface area contributed by atoms with Crippen LogP contribution in [0.15, 0.2) is 316 Å². The molecule has 10 heteroatoms. The predicted octanol–water partition coefficient (Wildman–Crippen LogP) is 23.4. The maximum atomic E-state index is 7.77. The van der Waals surface area contributed by atoms with Crippen molar-refractivity contribution >= 4 is 109 Å². The van der Waals surface area contributed by atoms with E-state index in [1.807, 2.05) is 60.5 Å². The summed E-state index contributed by atoms with van der Waals surface area (Å²) >= 11 is 0. The average Bonchev–Trinajstić information content (AvgIpc) is 1.61. The van der Waals surface area contributed by atoms with E-state index in [0.717, 1.165) is 39.3 Å². The zero-order valence-corrected chi connectivity index (χ0v) is 70.0. The molecule has 0 spiro atoms. The van der Waals surface area contributed by atoms with Crippen LogP contribution in [-0.4, -0.2) is 22.8 Å². The van der Waals surface area contributed by atoms with Crippen LogP contribution in [0, 0.1) is 82.9 Å². The van der Waals surface area contributed by atoms with Gasteiger partial charge in [-0.15, -0.1) is 0 Å². The van der Waals surface area contributed by atoms with Gasteiger partial charge in [-0.3, -0.25) is 0 Å². The van der Waals surface area contributed by atoms with Crippen LogP contribution in [0.25, 0.3) is 149 Å². The summed E-state index contributed by atoms with van der Waals surface area (Å²) in [4.78, 5) is 0. The molecule has 0 saturated carbocycles. The maximum absolute atomic E-state index is 7.77. The Kier molecular flexibility index (Phi) is 18.5. The molecule has 0 aliphatic heterocycles. The molecule has 0 saturated heterocycles. The zero-order valence-electron chi connectivity index (χ0n) is 76.0. The van der Waals surface area contributed by atoms with Crippen molar-refractivity contribution in [2.24, 2.45) is 35.2 Å². The summed E-state index contributed by atoms with van der Waals surface area (Å²) < 4.78 is 68.2. The van der Waals surface area contributed by atoms with Crippen LogP contribution in [0.2, 0.25) is 0 Å². The van der Waals surface area contributed by atoms with Crippen LogP contribution in [0.3, 0.4) is 0 Å². The summed E-state index contributed by atoms with van der Waals surface area (Å²) in [5.41, 5.74) is 27.7. The highest BCUT2D eigenvalue weighted by atomic mass is 15.2. The summed E-state index contributed by atoms with van der Waals surface area (Å²) in [6.45, 7) is 17.1. The number of rotatable bonds is 6. The van der Waals surface area contributed by atoms with Gasteiger partial charge in [0, 0.05) is 98.0 Å². The molecule has 0 bridgehead atoms. The van der Waals surface area contributed by atoms with Crippen LogP contribution in [0.1, 0.15) is 75.0 Å². The number of fused-ring (bicyclic) bond motifs is 15. The van der Waals surface area contributed by atoms with Gasteiger partial charge in [0.05, 0.1) is 66.2 Å². The van der Waals surface area contributed by atoms with Gasteiger partial charge in [0.1, 0.15) is 55.2 Å². The highest BCUT2D eigenvalue weighted by Gasteiger charge is 2.29. The molecular formula is C108H103N10+5. The highest BCUT2D eigenvalue weighted by molar-refractivity contribution is 6.14. The molecule has 10 aromatic heterocycles. The predicted molar refractivity (Wildman–Crippen MR) is 492 cm³/mol. The topological polar surface area (TPSA) is 44.0 Å². The Morgan fingerprint density at radius 3 is 0.864 bits per heavy atom. The first-order chi connectivity index (χ1) is 59.6. The minimum atomic E-state index is -2.11. The van der Waals surface area contributed by atoms with E-state index in [1.165, 1.54) is 166 Å². The van der Waals surface area contributed by atoms with Crippen LogP contribution in [-0.2, 0) is 35.2 Å². The van der Waals surface area contributed by atoms with E-state index in [9.17, 15) is 0 Å². The van der Waals surface area contributed by atoms with E-state index < -0.39 is 13.7 Å². The molecule has 0 atom stereocenters. The van der Waals surface area contributed by atoms with Crippen molar-refractivity contribution in [3.63, 3.8) is 0 Å². The van der Waals surface area contributed by atoms with E-state index in [-0.39, 0.29) is 0 Å². The Balaban J connectivity index is 0.000000110. The third-order valence-corrected chi connectivity index (χ3v) is 23.6. The molecule has 0 aliphatic carbocycles. The van der Waals surface area contributed by atoms with Gasteiger partial charge in [-0.05, 0) is 271 Å². The molecule has 10 heterocycles. The summed E-state index contributed by atoms with van der Waals surface area (Å²) in [5.74, 6) is 5.44. The average molecular weight is 1550 g/mol. The first-order valence-electron chi connectivity index (χ1n) is 43.5. The van der Waals surface area contributed by atoms with Gasteiger partial charge in [0.25, 0.3) is 29.1 Å². The molecule has 0 fully saturated rings. The first kappa shape index (κ1) is 69.7. The van der Waals surface area contributed by atoms with Crippen LogP contribution in [0.4, 0.5) is 0 Å². The number of aryl methyl sites for hydroxylation is 17. The van der Waals surface area contributed by atoms with E-state index in [1.54, 1.807) is 18.5 Å². The molecule has 0 radical (unpaired) electrons. The summed E-state index contributed by atoms with van der Waals surface area (Å²) in [6.07, 6.45) is 9.99. The second kappa shape index (κ2) is 31.4. The second-order valence-electron chi connectivity index (χ2n) is 31.8. The molecule has 21 rings (SSSR count). The van der Waals surface area contributed by atoms with Crippen LogP contribution < -0.4 is 22.8 Å². The molecular weight excluding hydrogens is 1440 g/mol. The van der Waals surface area contributed by atoms with Gasteiger partial charge in [-0.25, -0.2) is 22.8 Å². The fraction of sp³-hybridized carbons (Fsp3) is 0.157. The number of nitrogens with zero attached hydrogens (tertiary/aromatic N) is 10. The SMILES string of the molecule is Cc1cc[n+](C)c(-n2c3ccccc3c3cccc(C)c32)c1.Cc1ccc(-n2c3ccccc3c3cccc(C)c32)[n+](C)c1.Cc1cccc(C)c1-c1ccc(-n2c3ccccc3c3cccc(C)c32)[n+](C)c1.[2H]C([2H])([2H])c1c[n+](C)c(-n2c3ccccc3c3cccc(C)c32)cc1C.[2H]C([2H])([2H])c1ccc(-n2c3ccccc3c3cccc(C)c32)[n+](C)c1. The maximum Gasteiger partial charge on any atom is 0.286 e. The third-order valence-electron chi connectivity index (χ3n) is 23.6. The van der Waals surface area contributed by atoms with E-state index in [0.29, 0.717) is 11.1 Å². The Morgan fingerprint density at radius 2 is 0.508 bits per heavy atom. The fourth-order valence-electron chi connectivity index (χ4n) is 18.0. The molecule has 21 aromatic rings. The van der Waals surface area contributed by atoms with Crippen LogP contribution in [0.5, 0.6) is 0 Å². The normalized spacial score (nSPS) is 12.4. The van der Waals surface area contributed by atoms with Crippen molar-refractivity contribution in [3.05, 3.63) is 383 Å². The molecule has 0 N–H and O–H groups in total. The quantitative estimate of drug-likeness (QED) is 0.149. The van der Waals surface area contributed by atoms with Crippen molar-refractivity contribution in [2.45, 2.75) is 82.9 Å². The van der Waals surface area contributed by atoms with Gasteiger partial charge in [-0.1, -0.05) is 140 Å². The number of benzene rings is 11. The monoisotopic (exact) mass is 1550 g/mol. The summed E-state index contributed by atoms with van der Waals surface area (Å²) in [6, 6.07) is 100. The lowest BCUT2D eigenvalue weighted by Gasteiger charge is -2.11. The molecule has 0 amide bonds. The Hall–Kier alpha value is -13.8. The third kappa shape index (κ3) is 13.6. The minimum Gasteiger partial charge on any atom is -0.237 e. The number of hydrogen-bond donors (Lipinski definition) is 0. The summed E-state index contributed by atoms with van der Waals surface area (Å²) in [7, 11) is 10.2. The van der Waals surface area contributed by atoms with Gasteiger partial charge in [0.2, 0.25) is 0 Å².